The van der Waals surface area contributed by atoms with Crippen LogP contribution in [0.25, 0.3) is 6.08 Å². The minimum atomic E-state index is 0.825. The van der Waals surface area contributed by atoms with Crippen LogP contribution >= 0.6 is 0 Å². The summed E-state index contributed by atoms with van der Waals surface area (Å²) in [7, 11) is 0. The van der Waals surface area contributed by atoms with E-state index in [2.05, 4.69) is 42.2 Å². The predicted octanol–water partition coefficient (Wildman–Crippen LogP) is 4.38. The molecule has 1 aromatic carbocycles. The molecular formula is C22H37N3. The fourth-order valence-electron chi connectivity index (χ4n) is 2.83. The van der Waals surface area contributed by atoms with Gasteiger partial charge in [0.1, 0.15) is 0 Å². The fraction of sp³-hybridized carbons (Fsp3) is 0.545. The Balaban J connectivity index is 2.04. The molecule has 0 unspecified atom stereocenters. The summed E-state index contributed by atoms with van der Waals surface area (Å²) in [5, 5.41) is 3.52. The normalized spacial score (nSPS) is 11.6. The van der Waals surface area contributed by atoms with Crippen molar-refractivity contribution in [3.8, 4) is 0 Å². The quantitative estimate of drug-likeness (QED) is 0.327. The first-order valence-electron chi connectivity index (χ1n) is 9.83. The van der Waals surface area contributed by atoms with Crippen LogP contribution in [0, 0.1) is 0 Å². The molecule has 0 radical (unpaired) electrons. The molecule has 0 aliphatic carbocycles. The highest BCUT2D eigenvalue weighted by atomic mass is 14.8. The average molecular weight is 344 g/mol. The molecule has 1 rings (SSSR count). The molecule has 0 heterocycles. The zero-order chi connectivity index (χ0) is 18.2. The Bertz CT molecular complexity index is 477. The van der Waals surface area contributed by atoms with E-state index < -0.39 is 0 Å². The van der Waals surface area contributed by atoms with Crippen LogP contribution in [0.2, 0.25) is 0 Å². The van der Waals surface area contributed by atoms with Gasteiger partial charge in [-0.05, 0) is 75.4 Å². The summed E-state index contributed by atoms with van der Waals surface area (Å²) in [6, 6.07) is 8.54. The highest BCUT2D eigenvalue weighted by molar-refractivity contribution is 5.52. The number of unbranched alkanes of at least 4 members (excludes halogenated alkanes) is 5. The van der Waals surface area contributed by atoms with Crippen LogP contribution in [0.15, 0.2) is 42.6 Å². The summed E-state index contributed by atoms with van der Waals surface area (Å²) in [4.78, 5) is 0. The molecule has 0 bridgehead atoms. The number of rotatable bonds is 15. The second kappa shape index (κ2) is 14.7. The first-order chi connectivity index (χ1) is 12.3. The second-order valence-electron chi connectivity index (χ2n) is 6.72. The van der Waals surface area contributed by atoms with Gasteiger partial charge in [-0.15, -0.1) is 6.58 Å². The zero-order valence-corrected chi connectivity index (χ0v) is 15.8. The van der Waals surface area contributed by atoms with Gasteiger partial charge in [0.05, 0.1) is 0 Å². The minimum absolute atomic E-state index is 0.825. The lowest BCUT2D eigenvalue weighted by atomic mass is 10.1. The predicted molar refractivity (Wildman–Crippen MR) is 111 cm³/mol. The number of hydrogen-bond acceptors (Lipinski definition) is 3. The third kappa shape index (κ3) is 11.6. The van der Waals surface area contributed by atoms with Crippen LogP contribution in [0.3, 0.4) is 0 Å². The van der Waals surface area contributed by atoms with Crippen LogP contribution in [-0.4, -0.2) is 19.6 Å². The molecule has 0 saturated heterocycles. The van der Waals surface area contributed by atoms with Gasteiger partial charge in [-0.2, -0.15) is 0 Å². The van der Waals surface area contributed by atoms with E-state index in [0.29, 0.717) is 0 Å². The van der Waals surface area contributed by atoms with Gasteiger partial charge >= 0.3 is 0 Å². The molecule has 3 heteroatoms. The van der Waals surface area contributed by atoms with Gasteiger partial charge in [0.15, 0.2) is 0 Å². The van der Waals surface area contributed by atoms with Crippen molar-refractivity contribution in [2.24, 2.45) is 11.5 Å². The molecule has 1 aromatic rings. The SMILES string of the molecule is C=CCc1ccc(C=C(N)CCCCCNCCCCCCN)cc1. The molecule has 0 spiro atoms. The maximum absolute atomic E-state index is 6.14. The smallest absolute Gasteiger partial charge is 0.00864 e. The molecule has 0 aliphatic rings. The van der Waals surface area contributed by atoms with E-state index in [1.165, 1.54) is 43.2 Å². The van der Waals surface area contributed by atoms with Crippen LogP contribution in [0.5, 0.6) is 0 Å². The van der Waals surface area contributed by atoms with Gasteiger partial charge in [0.25, 0.3) is 0 Å². The molecule has 3 nitrogen and oxygen atoms in total. The molecule has 0 atom stereocenters. The summed E-state index contributed by atoms with van der Waals surface area (Å²) in [5.41, 5.74) is 15.1. The van der Waals surface area contributed by atoms with Gasteiger partial charge in [-0.3, -0.25) is 0 Å². The monoisotopic (exact) mass is 343 g/mol. The van der Waals surface area contributed by atoms with Crippen molar-refractivity contribution in [3.05, 3.63) is 53.7 Å². The number of benzene rings is 1. The molecule has 0 amide bonds. The summed E-state index contributed by atoms with van der Waals surface area (Å²) in [5.74, 6) is 0. The topological polar surface area (TPSA) is 64.1 Å². The van der Waals surface area contributed by atoms with Crippen LogP contribution in [0.4, 0.5) is 0 Å². The van der Waals surface area contributed by atoms with Gasteiger partial charge in [-0.25, -0.2) is 0 Å². The van der Waals surface area contributed by atoms with Crippen LogP contribution in [-0.2, 0) is 6.42 Å². The third-order valence-electron chi connectivity index (χ3n) is 4.34. The van der Waals surface area contributed by atoms with E-state index in [-0.39, 0.29) is 0 Å². The van der Waals surface area contributed by atoms with E-state index in [1.807, 2.05) is 6.08 Å². The first kappa shape index (κ1) is 21.5. The standard InChI is InChI=1S/C22H37N3/c1-2-10-20-12-14-21(15-13-20)19-22(24)11-6-5-9-18-25-17-8-4-3-7-16-23/h2,12-15,19,25H,1,3-11,16-18,23-24H2. The largest absolute Gasteiger partial charge is 0.402 e. The lowest BCUT2D eigenvalue weighted by molar-refractivity contribution is 0.562. The molecule has 5 N–H and O–H groups in total. The van der Waals surface area contributed by atoms with Gasteiger partial charge in [0.2, 0.25) is 0 Å². The summed E-state index contributed by atoms with van der Waals surface area (Å²) in [6.07, 6.45) is 14.5. The molecular weight excluding hydrogens is 306 g/mol. The number of nitrogens with one attached hydrogen (secondary N) is 1. The molecule has 0 aromatic heterocycles. The van der Waals surface area contributed by atoms with Crippen molar-refractivity contribution < 1.29 is 0 Å². The third-order valence-corrected chi connectivity index (χ3v) is 4.34. The number of hydrogen-bond donors (Lipinski definition) is 3. The lowest BCUT2D eigenvalue weighted by Crippen LogP contribution is -2.16. The molecule has 0 saturated carbocycles. The van der Waals surface area contributed by atoms with E-state index in [0.717, 1.165) is 51.0 Å². The lowest BCUT2D eigenvalue weighted by Gasteiger charge is -2.05. The van der Waals surface area contributed by atoms with Crippen molar-refractivity contribution in [1.82, 2.24) is 5.32 Å². The molecule has 0 aliphatic heterocycles. The van der Waals surface area contributed by atoms with Gasteiger partial charge < -0.3 is 16.8 Å². The molecule has 140 valence electrons. The Morgan fingerprint density at radius 1 is 0.920 bits per heavy atom. The molecule has 25 heavy (non-hydrogen) atoms. The van der Waals surface area contributed by atoms with Crippen molar-refractivity contribution in [2.75, 3.05) is 19.6 Å². The van der Waals surface area contributed by atoms with E-state index >= 15 is 0 Å². The van der Waals surface area contributed by atoms with Crippen molar-refractivity contribution in [2.45, 2.75) is 57.8 Å². The zero-order valence-electron chi connectivity index (χ0n) is 15.8. The van der Waals surface area contributed by atoms with E-state index in [1.54, 1.807) is 0 Å². The Morgan fingerprint density at radius 2 is 1.56 bits per heavy atom. The van der Waals surface area contributed by atoms with Crippen molar-refractivity contribution in [1.29, 1.82) is 0 Å². The Labute approximate surface area is 154 Å². The number of nitrogens with two attached hydrogens (primary N) is 2. The fourth-order valence-corrected chi connectivity index (χ4v) is 2.83. The maximum Gasteiger partial charge on any atom is 0.00864 e. The van der Waals surface area contributed by atoms with Crippen molar-refractivity contribution in [3.63, 3.8) is 0 Å². The highest BCUT2D eigenvalue weighted by Crippen LogP contribution is 2.11. The summed E-state index contributed by atoms with van der Waals surface area (Å²) in [6.45, 7) is 6.84. The summed E-state index contributed by atoms with van der Waals surface area (Å²) < 4.78 is 0. The second-order valence-corrected chi connectivity index (χ2v) is 6.72. The minimum Gasteiger partial charge on any atom is -0.402 e. The van der Waals surface area contributed by atoms with Crippen LogP contribution < -0.4 is 16.8 Å². The Hall–Kier alpha value is -1.58. The maximum atomic E-state index is 6.14. The average Bonchev–Trinajstić information content (AvgIpc) is 2.61. The summed E-state index contributed by atoms with van der Waals surface area (Å²) >= 11 is 0. The van der Waals surface area contributed by atoms with Gasteiger partial charge in [-0.1, -0.05) is 49.6 Å². The first-order valence-corrected chi connectivity index (χ1v) is 9.83. The van der Waals surface area contributed by atoms with Gasteiger partial charge in [0, 0.05) is 5.70 Å². The van der Waals surface area contributed by atoms with E-state index in [9.17, 15) is 0 Å². The van der Waals surface area contributed by atoms with Crippen molar-refractivity contribution >= 4 is 6.08 Å². The highest BCUT2D eigenvalue weighted by Gasteiger charge is 1.96. The van der Waals surface area contributed by atoms with E-state index in [4.69, 9.17) is 11.5 Å². The Morgan fingerprint density at radius 3 is 2.20 bits per heavy atom. The number of allylic oxidation sites excluding steroid dienone is 2. The van der Waals surface area contributed by atoms with Crippen LogP contribution in [0.1, 0.15) is 62.5 Å². The Kier molecular flexibility index (Phi) is 12.7. The molecule has 0 fully saturated rings.